The zero-order chi connectivity index (χ0) is 18.8. The minimum absolute atomic E-state index is 0.145. The van der Waals surface area contributed by atoms with E-state index in [9.17, 15) is 4.79 Å². The first-order valence-corrected chi connectivity index (χ1v) is 8.74. The lowest BCUT2D eigenvalue weighted by Crippen LogP contribution is -2.42. The van der Waals surface area contributed by atoms with E-state index < -0.39 is 0 Å². The van der Waals surface area contributed by atoms with Gasteiger partial charge in [0, 0.05) is 13.3 Å². The average Bonchev–Trinajstić information content (AvgIpc) is 3.11. The van der Waals surface area contributed by atoms with Crippen molar-refractivity contribution in [2.45, 2.75) is 19.6 Å². The monoisotopic (exact) mass is 364 g/mol. The van der Waals surface area contributed by atoms with E-state index in [1.807, 2.05) is 43.3 Å². The van der Waals surface area contributed by atoms with Gasteiger partial charge >= 0.3 is 0 Å². The molecule has 7 heteroatoms. The van der Waals surface area contributed by atoms with Crippen LogP contribution in [-0.2, 0) is 11.3 Å². The number of hydrogen-bond acceptors (Lipinski definition) is 5. The normalized spacial score (nSPS) is 15.9. The largest absolute Gasteiger partial charge is 0.471 e. The van der Waals surface area contributed by atoms with Crippen molar-refractivity contribution in [1.29, 1.82) is 0 Å². The van der Waals surface area contributed by atoms with Gasteiger partial charge in [-0.2, -0.15) is 5.10 Å². The molecule has 1 unspecified atom stereocenters. The second-order valence-corrected chi connectivity index (χ2v) is 6.36. The summed E-state index contributed by atoms with van der Waals surface area (Å²) in [6, 6.07) is 13.3. The number of pyridine rings is 1. The van der Waals surface area contributed by atoms with Crippen LogP contribution in [-0.4, -0.2) is 40.4 Å². The molecule has 3 aromatic rings. The van der Waals surface area contributed by atoms with Gasteiger partial charge in [0.2, 0.25) is 5.88 Å². The molecule has 1 aliphatic heterocycles. The van der Waals surface area contributed by atoms with Crippen LogP contribution < -0.4 is 9.64 Å². The van der Waals surface area contributed by atoms with E-state index in [0.29, 0.717) is 29.4 Å². The van der Waals surface area contributed by atoms with Gasteiger partial charge in [0.15, 0.2) is 0 Å². The molecule has 0 spiro atoms. The van der Waals surface area contributed by atoms with Crippen LogP contribution in [0, 0.1) is 0 Å². The SMILES string of the molecule is COCc1c(C(=O)N2CC(C)Oc3ncccc32)cnn1-c1ccccc1. The summed E-state index contributed by atoms with van der Waals surface area (Å²) in [5.41, 5.74) is 2.75. The Labute approximate surface area is 157 Å². The van der Waals surface area contributed by atoms with Crippen LogP contribution in [0.5, 0.6) is 5.88 Å². The molecular weight excluding hydrogens is 344 g/mol. The summed E-state index contributed by atoms with van der Waals surface area (Å²) in [6.45, 7) is 2.64. The highest BCUT2D eigenvalue weighted by Crippen LogP contribution is 2.32. The van der Waals surface area contributed by atoms with Crippen molar-refractivity contribution in [3.8, 4) is 11.6 Å². The highest BCUT2D eigenvalue weighted by atomic mass is 16.5. The van der Waals surface area contributed by atoms with Gasteiger partial charge in [0.25, 0.3) is 5.91 Å². The second kappa shape index (κ2) is 7.20. The molecule has 1 atom stereocenters. The van der Waals surface area contributed by atoms with E-state index in [1.54, 1.807) is 35.2 Å². The van der Waals surface area contributed by atoms with Crippen molar-refractivity contribution < 1.29 is 14.3 Å². The summed E-state index contributed by atoms with van der Waals surface area (Å²) in [7, 11) is 1.60. The summed E-state index contributed by atoms with van der Waals surface area (Å²) < 4.78 is 12.8. The molecule has 1 aromatic carbocycles. The Morgan fingerprint density at radius 3 is 2.85 bits per heavy atom. The minimum atomic E-state index is -0.147. The number of fused-ring (bicyclic) bond motifs is 1. The van der Waals surface area contributed by atoms with Gasteiger partial charge in [-0.3, -0.25) is 9.69 Å². The number of benzene rings is 1. The van der Waals surface area contributed by atoms with Crippen LogP contribution in [0.4, 0.5) is 5.69 Å². The molecule has 0 radical (unpaired) electrons. The number of hydrogen-bond donors (Lipinski definition) is 0. The van der Waals surface area contributed by atoms with Crippen molar-refractivity contribution in [2.24, 2.45) is 0 Å². The van der Waals surface area contributed by atoms with E-state index >= 15 is 0 Å². The van der Waals surface area contributed by atoms with Crippen molar-refractivity contribution >= 4 is 11.6 Å². The standard InChI is InChI=1S/C20H20N4O3/c1-14-12-23(17-9-6-10-21-19(17)27-14)20(25)16-11-22-24(18(16)13-26-2)15-7-4-3-5-8-15/h3-11,14H,12-13H2,1-2H3. The maximum absolute atomic E-state index is 13.4. The molecule has 0 aliphatic carbocycles. The Bertz CT molecular complexity index is 955. The molecule has 1 aliphatic rings. The number of aromatic nitrogens is 3. The number of para-hydroxylation sites is 1. The molecule has 0 fully saturated rings. The third kappa shape index (κ3) is 3.17. The number of carbonyl (C=O) groups is 1. The zero-order valence-corrected chi connectivity index (χ0v) is 15.2. The van der Waals surface area contributed by atoms with Gasteiger partial charge in [-0.15, -0.1) is 0 Å². The van der Waals surface area contributed by atoms with Crippen LogP contribution >= 0.6 is 0 Å². The predicted molar refractivity (Wildman–Crippen MR) is 100 cm³/mol. The third-order valence-corrected chi connectivity index (χ3v) is 4.42. The number of nitrogens with zero attached hydrogens (tertiary/aromatic N) is 4. The smallest absolute Gasteiger partial charge is 0.262 e. The molecule has 0 N–H and O–H groups in total. The summed E-state index contributed by atoms with van der Waals surface area (Å²) in [5.74, 6) is 0.321. The fourth-order valence-corrected chi connectivity index (χ4v) is 3.22. The van der Waals surface area contributed by atoms with E-state index in [-0.39, 0.29) is 18.6 Å². The number of rotatable bonds is 4. The zero-order valence-electron chi connectivity index (χ0n) is 15.2. The summed E-state index contributed by atoms with van der Waals surface area (Å²) in [6.07, 6.45) is 3.11. The van der Waals surface area contributed by atoms with Gasteiger partial charge in [-0.1, -0.05) is 18.2 Å². The molecule has 3 heterocycles. The molecule has 138 valence electrons. The molecular formula is C20H20N4O3. The molecule has 1 amide bonds. The Morgan fingerprint density at radius 1 is 1.26 bits per heavy atom. The Kier molecular flexibility index (Phi) is 4.60. The minimum Gasteiger partial charge on any atom is -0.471 e. The Morgan fingerprint density at radius 2 is 2.07 bits per heavy atom. The first kappa shape index (κ1) is 17.2. The summed E-state index contributed by atoms with van der Waals surface area (Å²) in [4.78, 5) is 19.3. The van der Waals surface area contributed by atoms with Crippen molar-refractivity contribution in [2.75, 3.05) is 18.6 Å². The quantitative estimate of drug-likeness (QED) is 0.712. The second-order valence-electron chi connectivity index (χ2n) is 6.36. The first-order valence-electron chi connectivity index (χ1n) is 8.74. The van der Waals surface area contributed by atoms with E-state index in [1.165, 1.54) is 0 Å². The summed E-state index contributed by atoms with van der Waals surface area (Å²) in [5, 5.41) is 4.44. The highest BCUT2D eigenvalue weighted by molar-refractivity contribution is 6.07. The molecule has 0 saturated carbocycles. The fourth-order valence-electron chi connectivity index (χ4n) is 3.22. The van der Waals surface area contributed by atoms with Gasteiger partial charge in [-0.25, -0.2) is 9.67 Å². The predicted octanol–water partition coefficient (Wildman–Crippen LogP) is 2.84. The van der Waals surface area contributed by atoms with Crippen LogP contribution in [0.15, 0.2) is 54.9 Å². The van der Waals surface area contributed by atoms with Crippen molar-refractivity contribution in [1.82, 2.24) is 14.8 Å². The maximum Gasteiger partial charge on any atom is 0.262 e. The molecule has 0 bridgehead atoms. The number of ether oxygens (including phenoxy) is 2. The van der Waals surface area contributed by atoms with Crippen molar-refractivity contribution in [3.05, 3.63) is 66.1 Å². The van der Waals surface area contributed by atoms with Gasteiger partial charge in [0.05, 0.1) is 36.3 Å². The van der Waals surface area contributed by atoms with Gasteiger partial charge in [-0.05, 0) is 31.2 Å². The number of anilines is 1. The van der Waals surface area contributed by atoms with E-state index in [2.05, 4.69) is 10.1 Å². The fraction of sp³-hybridized carbons (Fsp3) is 0.250. The van der Waals surface area contributed by atoms with E-state index in [4.69, 9.17) is 9.47 Å². The molecule has 4 rings (SSSR count). The van der Waals surface area contributed by atoms with Crippen LogP contribution in [0.1, 0.15) is 23.0 Å². The number of methoxy groups -OCH3 is 1. The van der Waals surface area contributed by atoms with Gasteiger partial charge in [0.1, 0.15) is 11.8 Å². The molecule has 7 nitrogen and oxygen atoms in total. The summed E-state index contributed by atoms with van der Waals surface area (Å²) >= 11 is 0. The lowest BCUT2D eigenvalue weighted by molar-refractivity contribution is 0.0953. The Hall–Kier alpha value is -3.19. The lowest BCUT2D eigenvalue weighted by atomic mass is 10.1. The molecule has 27 heavy (non-hydrogen) atoms. The highest BCUT2D eigenvalue weighted by Gasteiger charge is 2.31. The maximum atomic E-state index is 13.4. The lowest BCUT2D eigenvalue weighted by Gasteiger charge is -2.32. The van der Waals surface area contributed by atoms with E-state index in [0.717, 1.165) is 5.69 Å². The number of carbonyl (C=O) groups excluding carboxylic acids is 1. The average molecular weight is 364 g/mol. The van der Waals surface area contributed by atoms with Crippen LogP contribution in [0.25, 0.3) is 5.69 Å². The third-order valence-electron chi connectivity index (χ3n) is 4.42. The van der Waals surface area contributed by atoms with Gasteiger partial charge < -0.3 is 9.47 Å². The first-order chi connectivity index (χ1) is 13.2. The topological polar surface area (TPSA) is 69.5 Å². The Balaban J connectivity index is 1.76. The number of amides is 1. The van der Waals surface area contributed by atoms with Crippen LogP contribution in [0.2, 0.25) is 0 Å². The molecule has 0 saturated heterocycles. The van der Waals surface area contributed by atoms with Crippen molar-refractivity contribution in [3.63, 3.8) is 0 Å². The van der Waals surface area contributed by atoms with Crippen LogP contribution in [0.3, 0.4) is 0 Å². The molecule has 2 aromatic heterocycles.